The minimum absolute atomic E-state index is 0.0934. The van der Waals surface area contributed by atoms with Crippen LogP contribution in [0.15, 0.2) is 71.3 Å². The Morgan fingerprint density at radius 3 is 2.29 bits per heavy atom. The van der Waals surface area contributed by atoms with Crippen molar-refractivity contribution >= 4 is 11.6 Å². The third-order valence-electron chi connectivity index (χ3n) is 4.79. The predicted molar refractivity (Wildman–Crippen MR) is 100 cm³/mol. The molecule has 2 aromatic carbocycles. The van der Waals surface area contributed by atoms with Crippen LogP contribution in [-0.2, 0) is 5.41 Å². The molecule has 0 saturated heterocycles. The number of hydrogen-bond donors (Lipinski definition) is 0. The van der Waals surface area contributed by atoms with Gasteiger partial charge < -0.3 is 4.42 Å². The molecule has 120 valence electrons. The molecule has 0 amide bonds. The fourth-order valence-electron chi connectivity index (χ4n) is 3.72. The van der Waals surface area contributed by atoms with Crippen LogP contribution < -0.4 is 0 Å². The van der Waals surface area contributed by atoms with Crippen molar-refractivity contribution in [2.24, 2.45) is 0 Å². The highest BCUT2D eigenvalue weighted by atomic mass is 16.3. The molecule has 1 heterocycles. The fraction of sp³-hybridized carbons (Fsp3) is 0.217. The molecule has 0 radical (unpaired) electrons. The Kier molecular flexibility index (Phi) is 3.45. The monoisotopic (exact) mass is 314 g/mol. The summed E-state index contributed by atoms with van der Waals surface area (Å²) >= 11 is 0. The highest BCUT2D eigenvalue weighted by Gasteiger charge is 2.34. The highest BCUT2D eigenvalue weighted by Crippen LogP contribution is 2.49. The van der Waals surface area contributed by atoms with Crippen molar-refractivity contribution in [2.45, 2.75) is 32.1 Å². The van der Waals surface area contributed by atoms with Crippen molar-refractivity contribution in [1.82, 2.24) is 0 Å². The van der Waals surface area contributed by atoms with Gasteiger partial charge in [0.2, 0.25) is 0 Å². The summed E-state index contributed by atoms with van der Waals surface area (Å²) in [5, 5.41) is 0. The highest BCUT2D eigenvalue weighted by molar-refractivity contribution is 5.93. The average Bonchev–Trinajstić information content (AvgIpc) is 3.21. The van der Waals surface area contributed by atoms with Gasteiger partial charge in [-0.15, -0.1) is 0 Å². The number of benzene rings is 2. The van der Waals surface area contributed by atoms with E-state index in [2.05, 4.69) is 81.4 Å². The Morgan fingerprint density at radius 1 is 0.833 bits per heavy atom. The van der Waals surface area contributed by atoms with E-state index >= 15 is 0 Å². The summed E-state index contributed by atoms with van der Waals surface area (Å²) in [6.45, 7) is 6.84. The second-order valence-corrected chi connectivity index (χ2v) is 7.47. The molecule has 1 aliphatic carbocycles. The maximum absolute atomic E-state index is 5.85. The van der Waals surface area contributed by atoms with Gasteiger partial charge in [-0.05, 0) is 51.5 Å². The minimum Gasteiger partial charge on any atom is -0.468 e. The third kappa shape index (κ3) is 2.41. The number of furan rings is 1. The Bertz CT molecular complexity index is 878. The number of hydrogen-bond acceptors (Lipinski definition) is 1. The van der Waals surface area contributed by atoms with Crippen molar-refractivity contribution in [2.75, 3.05) is 0 Å². The van der Waals surface area contributed by atoms with Gasteiger partial charge in [0.1, 0.15) is 5.76 Å². The first kappa shape index (κ1) is 15.0. The second kappa shape index (κ2) is 5.52. The van der Waals surface area contributed by atoms with Crippen LogP contribution in [0.3, 0.4) is 0 Å². The van der Waals surface area contributed by atoms with E-state index < -0.39 is 0 Å². The number of allylic oxidation sites excluding steroid dienone is 1. The molecule has 1 atom stereocenters. The van der Waals surface area contributed by atoms with Gasteiger partial charge in [0.05, 0.1) is 12.2 Å². The van der Waals surface area contributed by atoms with E-state index in [-0.39, 0.29) is 11.3 Å². The van der Waals surface area contributed by atoms with E-state index in [0.717, 1.165) is 5.76 Å². The lowest BCUT2D eigenvalue weighted by molar-refractivity contribution is 0.505. The molecule has 0 spiro atoms. The molecule has 1 nitrogen and oxygen atoms in total. The standard InChI is InChI=1S/C23H22O/c1-23(2,3)19-12-7-11-17-15-18(16-9-5-4-6-10-16)22(21(17)19)20-13-8-14-24-20/h4-15,22H,1-3H3. The Labute approximate surface area is 143 Å². The van der Waals surface area contributed by atoms with E-state index in [9.17, 15) is 0 Å². The summed E-state index contributed by atoms with van der Waals surface area (Å²) in [6.07, 6.45) is 4.10. The van der Waals surface area contributed by atoms with E-state index in [1.165, 1.54) is 27.8 Å². The van der Waals surface area contributed by atoms with E-state index in [0.29, 0.717) is 0 Å². The zero-order valence-electron chi connectivity index (χ0n) is 14.4. The summed E-state index contributed by atoms with van der Waals surface area (Å²) in [5.74, 6) is 1.17. The molecule has 0 aliphatic heterocycles. The Hall–Kier alpha value is -2.54. The van der Waals surface area contributed by atoms with Crippen LogP contribution in [-0.4, -0.2) is 0 Å². The summed E-state index contributed by atoms with van der Waals surface area (Å²) in [5.41, 5.74) is 6.76. The number of rotatable bonds is 2. The molecule has 24 heavy (non-hydrogen) atoms. The molecule has 1 aliphatic rings. The van der Waals surface area contributed by atoms with Crippen molar-refractivity contribution in [3.8, 4) is 0 Å². The maximum Gasteiger partial charge on any atom is 0.115 e. The van der Waals surface area contributed by atoms with Crippen LogP contribution in [0.1, 0.15) is 54.7 Å². The summed E-state index contributed by atoms with van der Waals surface area (Å²) in [6, 6.07) is 21.4. The third-order valence-corrected chi connectivity index (χ3v) is 4.79. The molecule has 0 fully saturated rings. The first-order chi connectivity index (χ1) is 11.6. The molecule has 1 heteroatoms. The molecule has 0 bridgehead atoms. The topological polar surface area (TPSA) is 13.1 Å². The van der Waals surface area contributed by atoms with Gasteiger partial charge in [-0.25, -0.2) is 0 Å². The van der Waals surface area contributed by atoms with Gasteiger partial charge >= 0.3 is 0 Å². The molecular weight excluding hydrogens is 292 g/mol. The largest absolute Gasteiger partial charge is 0.468 e. The number of fused-ring (bicyclic) bond motifs is 1. The van der Waals surface area contributed by atoms with Gasteiger partial charge in [-0.1, -0.05) is 69.3 Å². The molecule has 3 aromatic rings. The quantitative estimate of drug-likeness (QED) is 0.544. The van der Waals surface area contributed by atoms with Crippen LogP contribution in [0.4, 0.5) is 0 Å². The molecule has 0 saturated carbocycles. The van der Waals surface area contributed by atoms with Crippen LogP contribution in [0.5, 0.6) is 0 Å². The minimum atomic E-state index is 0.0934. The maximum atomic E-state index is 5.85. The van der Waals surface area contributed by atoms with Crippen LogP contribution in [0.25, 0.3) is 11.6 Å². The van der Waals surface area contributed by atoms with Gasteiger partial charge in [0, 0.05) is 0 Å². The van der Waals surface area contributed by atoms with Crippen LogP contribution in [0, 0.1) is 0 Å². The van der Waals surface area contributed by atoms with Crippen LogP contribution in [0.2, 0.25) is 0 Å². The summed E-state index contributed by atoms with van der Waals surface area (Å²) in [4.78, 5) is 0. The molecular formula is C23H22O. The van der Waals surface area contributed by atoms with Crippen LogP contribution >= 0.6 is 0 Å². The van der Waals surface area contributed by atoms with Gasteiger partial charge in [-0.3, -0.25) is 0 Å². The normalized spacial score (nSPS) is 16.8. The van der Waals surface area contributed by atoms with E-state index in [1.807, 2.05) is 6.07 Å². The van der Waals surface area contributed by atoms with Gasteiger partial charge in [-0.2, -0.15) is 0 Å². The summed E-state index contributed by atoms with van der Waals surface area (Å²) in [7, 11) is 0. The second-order valence-electron chi connectivity index (χ2n) is 7.47. The van der Waals surface area contributed by atoms with Gasteiger partial charge in [0.15, 0.2) is 0 Å². The lowest BCUT2D eigenvalue weighted by Crippen LogP contribution is -2.16. The lowest BCUT2D eigenvalue weighted by Gasteiger charge is -2.26. The SMILES string of the molecule is CC(C)(C)c1cccc2c1C(c1ccco1)C(c1ccccc1)=C2. The predicted octanol–water partition coefficient (Wildman–Crippen LogP) is 6.26. The van der Waals surface area contributed by atoms with Crippen molar-refractivity contribution < 1.29 is 4.42 Å². The lowest BCUT2D eigenvalue weighted by atomic mass is 9.78. The molecule has 1 unspecified atom stereocenters. The summed E-state index contributed by atoms with van der Waals surface area (Å²) < 4.78 is 5.85. The van der Waals surface area contributed by atoms with Crippen molar-refractivity contribution in [1.29, 1.82) is 0 Å². The molecule has 1 aromatic heterocycles. The Balaban J connectivity index is 1.95. The van der Waals surface area contributed by atoms with Gasteiger partial charge in [0.25, 0.3) is 0 Å². The van der Waals surface area contributed by atoms with Crippen molar-refractivity contribution in [3.63, 3.8) is 0 Å². The fourth-order valence-corrected chi connectivity index (χ4v) is 3.72. The van der Waals surface area contributed by atoms with E-state index in [1.54, 1.807) is 6.26 Å². The zero-order valence-corrected chi connectivity index (χ0v) is 14.4. The first-order valence-electron chi connectivity index (χ1n) is 8.49. The first-order valence-corrected chi connectivity index (χ1v) is 8.49. The molecule has 4 rings (SSSR count). The molecule has 0 N–H and O–H groups in total. The average molecular weight is 314 g/mol. The Morgan fingerprint density at radius 2 is 1.62 bits per heavy atom. The zero-order chi connectivity index (χ0) is 16.7. The van der Waals surface area contributed by atoms with E-state index in [4.69, 9.17) is 4.42 Å². The smallest absolute Gasteiger partial charge is 0.115 e. The van der Waals surface area contributed by atoms with Crippen molar-refractivity contribution in [3.05, 3.63) is 94.9 Å².